The third-order valence-corrected chi connectivity index (χ3v) is 3.28. The predicted molar refractivity (Wildman–Crippen MR) is 67.4 cm³/mol. The van der Waals surface area contributed by atoms with Gasteiger partial charge in [0.15, 0.2) is 0 Å². The number of hydrogen-bond acceptors (Lipinski definition) is 2. The lowest BCUT2D eigenvalue weighted by Crippen LogP contribution is -2.51. The summed E-state index contributed by atoms with van der Waals surface area (Å²) in [6, 6.07) is 0. The highest BCUT2D eigenvalue weighted by atomic mass is 16.2. The van der Waals surface area contributed by atoms with Gasteiger partial charge in [0.1, 0.15) is 0 Å². The van der Waals surface area contributed by atoms with Crippen molar-refractivity contribution in [3.63, 3.8) is 0 Å². The van der Waals surface area contributed by atoms with Gasteiger partial charge in [0, 0.05) is 19.6 Å². The first-order valence-corrected chi connectivity index (χ1v) is 6.51. The van der Waals surface area contributed by atoms with Gasteiger partial charge in [-0.15, -0.1) is 0 Å². The molecule has 1 N–H and O–H groups in total. The molecule has 0 saturated carbocycles. The van der Waals surface area contributed by atoms with Gasteiger partial charge in [0.05, 0.1) is 5.54 Å². The SMILES string of the molecule is CCCCCN1CC(C)CNC(C)(C)C1=O. The monoisotopic (exact) mass is 226 g/mol. The number of amides is 1. The van der Waals surface area contributed by atoms with Crippen LogP contribution in [-0.4, -0.2) is 36.0 Å². The first-order chi connectivity index (χ1) is 7.47. The lowest BCUT2D eigenvalue weighted by molar-refractivity contribution is -0.136. The third kappa shape index (κ3) is 3.48. The average Bonchev–Trinajstić information content (AvgIpc) is 2.32. The Morgan fingerprint density at radius 2 is 2.12 bits per heavy atom. The Kier molecular flexibility index (Phi) is 4.78. The molecule has 1 amide bonds. The molecule has 3 heteroatoms. The Bertz CT molecular complexity index is 238. The van der Waals surface area contributed by atoms with Crippen molar-refractivity contribution in [3.8, 4) is 0 Å². The maximum atomic E-state index is 12.3. The summed E-state index contributed by atoms with van der Waals surface area (Å²) in [5, 5.41) is 3.35. The van der Waals surface area contributed by atoms with Gasteiger partial charge in [-0.2, -0.15) is 0 Å². The first kappa shape index (κ1) is 13.5. The molecule has 1 unspecified atom stereocenters. The van der Waals surface area contributed by atoms with Crippen LogP contribution < -0.4 is 5.32 Å². The summed E-state index contributed by atoms with van der Waals surface area (Å²) < 4.78 is 0. The van der Waals surface area contributed by atoms with Gasteiger partial charge in [-0.05, 0) is 26.2 Å². The number of unbranched alkanes of at least 4 members (excludes halogenated alkanes) is 2. The molecule has 1 saturated heterocycles. The smallest absolute Gasteiger partial charge is 0.242 e. The summed E-state index contributed by atoms with van der Waals surface area (Å²) in [6.45, 7) is 11.1. The van der Waals surface area contributed by atoms with E-state index in [1.165, 1.54) is 12.8 Å². The van der Waals surface area contributed by atoms with Crippen molar-refractivity contribution in [1.29, 1.82) is 0 Å². The molecule has 0 bridgehead atoms. The van der Waals surface area contributed by atoms with Crippen molar-refractivity contribution in [3.05, 3.63) is 0 Å². The molecule has 0 aromatic heterocycles. The fourth-order valence-electron chi connectivity index (χ4n) is 2.17. The van der Waals surface area contributed by atoms with Crippen LogP contribution in [-0.2, 0) is 4.79 Å². The van der Waals surface area contributed by atoms with Crippen molar-refractivity contribution in [2.45, 2.75) is 52.5 Å². The first-order valence-electron chi connectivity index (χ1n) is 6.51. The van der Waals surface area contributed by atoms with Crippen LogP contribution in [0.2, 0.25) is 0 Å². The molecule has 1 heterocycles. The molecule has 0 aromatic carbocycles. The molecule has 0 aromatic rings. The summed E-state index contributed by atoms with van der Waals surface area (Å²) in [5.41, 5.74) is -0.392. The largest absolute Gasteiger partial charge is 0.341 e. The molecule has 94 valence electrons. The Morgan fingerprint density at radius 1 is 1.44 bits per heavy atom. The summed E-state index contributed by atoms with van der Waals surface area (Å²) in [6.07, 6.45) is 3.55. The second kappa shape index (κ2) is 5.67. The topological polar surface area (TPSA) is 32.3 Å². The van der Waals surface area contributed by atoms with E-state index >= 15 is 0 Å². The molecule has 1 aliphatic heterocycles. The highest BCUT2D eigenvalue weighted by molar-refractivity contribution is 5.85. The van der Waals surface area contributed by atoms with Gasteiger partial charge >= 0.3 is 0 Å². The van der Waals surface area contributed by atoms with Crippen molar-refractivity contribution in [2.75, 3.05) is 19.6 Å². The number of nitrogens with one attached hydrogen (secondary N) is 1. The van der Waals surface area contributed by atoms with Gasteiger partial charge in [0.25, 0.3) is 0 Å². The molecule has 1 fully saturated rings. The fourth-order valence-corrected chi connectivity index (χ4v) is 2.17. The lowest BCUT2D eigenvalue weighted by atomic mass is 10.0. The summed E-state index contributed by atoms with van der Waals surface area (Å²) in [5.74, 6) is 0.806. The Morgan fingerprint density at radius 3 is 2.75 bits per heavy atom. The molecule has 16 heavy (non-hydrogen) atoms. The molecule has 0 aliphatic carbocycles. The van der Waals surface area contributed by atoms with Crippen LogP contribution in [0.5, 0.6) is 0 Å². The van der Waals surface area contributed by atoms with E-state index < -0.39 is 5.54 Å². The highest BCUT2D eigenvalue weighted by Crippen LogP contribution is 2.16. The van der Waals surface area contributed by atoms with E-state index in [0.717, 1.165) is 26.1 Å². The molecule has 0 radical (unpaired) electrons. The minimum Gasteiger partial charge on any atom is -0.341 e. The van der Waals surface area contributed by atoms with Crippen LogP contribution in [0.25, 0.3) is 0 Å². The molecule has 1 rings (SSSR count). The Hall–Kier alpha value is -0.570. The normalized spacial score (nSPS) is 25.6. The third-order valence-electron chi connectivity index (χ3n) is 3.28. The van der Waals surface area contributed by atoms with E-state index in [4.69, 9.17) is 0 Å². The van der Waals surface area contributed by atoms with Gasteiger partial charge in [0.2, 0.25) is 5.91 Å². The lowest BCUT2D eigenvalue weighted by Gasteiger charge is -2.29. The van der Waals surface area contributed by atoms with Crippen LogP contribution in [0.3, 0.4) is 0 Å². The summed E-state index contributed by atoms with van der Waals surface area (Å²) in [4.78, 5) is 14.3. The van der Waals surface area contributed by atoms with Crippen LogP contribution in [0.4, 0.5) is 0 Å². The van der Waals surface area contributed by atoms with Gasteiger partial charge in [-0.25, -0.2) is 0 Å². The molecule has 1 atom stereocenters. The van der Waals surface area contributed by atoms with Crippen LogP contribution in [0.1, 0.15) is 47.0 Å². The van der Waals surface area contributed by atoms with E-state index in [1.54, 1.807) is 0 Å². The van der Waals surface area contributed by atoms with Crippen molar-refractivity contribution >= 4 is 5.91 Å². The number of rotatable bonds is 4. The van der Waals surface area contributed by atoms with Crippen molar-refractivity contribution in [1.82, 2.24) is 10.2 Å². The van der Waals surface area contributed by atoms with E-state index in [0.29, 0.717) is 5.92 Å². The Balaban J connectivity index is 2.60. The fraction of sp³-hybridized carbons (Fsp3) is 0.923. The van der Waals surface area contributed by atoms with Crippen LogP contribution in [0, 0.1) is 5.92 Å². The second-order valence-electron chi connectivity index (χ2n) is 5.57. The van der Waals surface area contributed by atoms with E-state index in [9.17, 15) is 4.79 Å². The molecular weight excluding hydrogens is 200 g/mol. The van der Waals surface area contributed by atoms with Gasteiger partial charge in [-0.1, -0.05) is 26.7 Å². The standard InChI is InChI=1S/C13H26N2O/c1-5-6-7-8-15-10-11(2)9-14-13(3,4)12(15)16/h11,14H,5-10H2,1-4H3. The van der Waals surface area contributed by atoms with Gasteiger partial charge < -0.3 is 10.2 Å². The molecule has 3 nitrogen and oxygen atoms in total. The predicted octanol–water partition coefficient (Wildman–Crippen LogP) is 2.02. The van der Waals surface area contributed by atoms with Crippen LogP contribution >= 0.6 is 0 Å². The summed E-state index contributed by atoms with van der Waals surface area (Å²) >= 11 is 0. The maximum Gasteiger partial charge on any atom is 0.242 e. The average molecular weight is 226 g/mol. The minimum absolute atomic E-state index is 0.257. The molecule has 0 spiro atoms. The number of carbonyl (C=O) groups is 1. The zero-order valence-electron chi connectivity index (χ0n) is 11.2. The summed E-state index contributed by atoms with van der Waals surface area (Å²) in [7, 11) is 0. The number of hydrogen-bond donors (Lipinski definition) is 1. The quantitative estimate of drug-likeness (QED) is 0.744. The van der Waals surface area contributed by atoms with Crippen molar-refractivity contribution < 1.29 is 4.79 Å². The van der Waals surface area contributed by atoms with E-state index in [2.05, 4.69) is 19.2 Å². The van der Waals surface area contributed by atoms with E-state index in [1.807, 2.05) is 18.7 Å². The van der Waals surface area contributed by atoms with Crippen LogP contribution in [0.15, 0.2) is 0 Å². The number of carbonyl (C=O) groups excluding carboxylic acids is 1. The number of nitrogens with zero attached hydrogens (tertiary/aromatic N) is 1. The zero-order chi connectivity index (χ0) is 12.2. The van der Waals surface area contributed by atoms with Crippen molar-refractivity contribution in [2.24, 2.45) is 5.92 Å². The second-order valence-corrected chi connectivity index (χ2v) is 5.57. The highest BCUT2D eigenvalue weighted by Gasteiger charge is 2.34. The maximum absolute atomic E-state index is 12.3. The van der Waals surface area contributed by atoms with Gasteiger partial charge in [-0.3, -0.25) is 4.79 Å². The zero-order valence-corrected chi connectivity index (χ0v) is 11.2. The van der Waals surface area contributed by atoms with E-state index in [-0.39, 0.29) is 5.91 Å². The molecular formula is C13H26N2O. The minimum atomic E-state index is -0.392. The Labute approximate surface area is 99.6 Å². The molecule has 1 aliphatic rings.